The number of benzene rings is 2. The molecule has 0 spiro atoms. The summed E-state index contributed by atoms with van der Waals surface area (Å²) in [7, 11) is -3.89. The maximum Gasteiger partial charge on any atom is 0.573 e. The summed E-state index contributed by atoms with van der Waals surface area (Å²) in [4.78, 5) is 14.0. The van der Waals surface area contributed by atoms with E-state index in [4.69, 9.17) is 0 Å². The van der Waals surface area contributed by atoms with E-state index in [-0.39, 0.29) is 37.0 Å². The Bertz CT molecular complexity index is 989. The lowest BCUT2D eigenvalue weighted by molar-refractivity contribution is -0.274. The van der Waals surface area contributed by atoms with Gasteiger partial charge in [-0.15, -0.1) is 13.2 Å². The third-order valence-electron chi connectivity index (χ3n) is 4.29. The zero-order chi connectivity index (χ0) is 21.2. The van der Waals surface area contributed by atoms with Crippen LogP contribution in [0.3, 0.4) is 0 Å². The van der Waals surface area contributed by atoms with E-state index in [2.05, 4.69) is 20.7 Å². The first-order valence-electron chi connectivity index (χ1n) is 8.47. The second-order valence-corrected chi connectivity index (χ2v) is 9.08. The lowest BCUT2D eigenvalue weighted by Gasteiger charge is -2.34. The molecular formula is C18H16BrF3N2O4S. The molecule has 0 bridgehead atoms. The van der Waals surface area contributed by atoms with Crippen molar-refractivity contribution in [3.8, 4) is 5.75 Å². The molecule has 1 fully saturated rings. The van der Waals surface area contributed by atoms with Crippen LogP contribution in [0.4, 0.5) is 13.2 Å². The lowest BCUT2D eigenvalue weighted by atomic mass is 10.2. The molecule has 156 valence electrons. The molecule has 6 nitrogen and oxygen atoms in total. The first-order valence-corrected chi connectivity index (χ1v) is 10.7. The molecule has 0 N–H and O–H groups in total. The minimum absolute atomic E-state index is 0.0862. The number of rotatable bonds is 4. The molecule has 1 amide bonds. The van der Waals surface area contributed by atoms with Crippen molar-refractivity contribution in [3.63, 3.8) is 0 Å². The van der Waals surface area contributed by atoms with Crippen molar-refractivity contribution in [1.82, 2.24) is 9.21 Å². The topological polar surface area (TPSA) is 66.9 Å². The molecule has 0 saturated carbocycles. The minimum atomic E-state index is -4.85. The highest BCUT2D eigenvalue weighted by Crippen LogP contribution is 2.25. The highest BCUT2D eigenvalue weighted by atomic mass is 79.9. The zero-order valence-corrected chi connectivity index (χ0v) is 17.3. The maximum absolute atomic E-state index is 12.7. The Morgan fingerprint density at radius 1 is 1.00 bits per heavy atom. The van der Waals surface area contributed by atoms with Gasteiger partial charge >= 0.3 is 6.36 Å². The third kappa shape index (κ3) is 5.28. The summed E-state index contributed by atoms with van der Waals surface area (Å²) in [5.74, 6) is -0.696. The van der Waals surface area contributed by atoms with Crippen LogP contribution in [0, 0.1) is 0 Å². The van der Waals surface area contributed by atoms with Crippen LogP contribution in [0.2, 0.25) is 0 Å². The number of alkyl halides is 3. The largest absolute Gasteiger partial charge is 0.573 e. The summed E-state index contributed by atoms with van der Waals surface area (Å²) in [6.45, 7) is 0.589. The number of nitrogens with zero attached hydrogens (tertiary/aromatic N) is 2. The van der Waals surface area contributed by atoms with E-state index >= 15 is 0 Å². The number of sulfonamides is 1. The second kappa shape index (κ2) is 8.33. The van der Waals surface area contributed by atoms with Gasteiger partial charge in [-0.25, -0.2) is 8.42 Å². The Hall–Kier alpha value is -2.11. The predicted octanol–water partition coefficient (Wildman–Crippen LogP) is 3.49. The molecular weight excluding hydrogens is 477 g/mol. The Morgan fingerprint density at radius 3 is 2.17 bits per heavy atom. The molecule has 29 heavy (non-hydrogen) atoms. The summed E-state index contributed by atoms with van der Waals surface area (Å²) in [6.07, 6.45) is -4.85. The molecule has 0 aromatic heterocycles. The number of ether oxygens (including phenoxy) is 1. The molecule has 0 unspecified atom stereocenters. The standard InChI is InChI=1S/C18H16BrF3N2O4S/c19-14-3-1-2-13(12-14)17(25)23-8-10-24(11-9-23)29(26,27)16-6-4-15(5-7-16)28-18(20,21)22/h1-7,12H,8-11H2. The monoisotopic (exact) mass is 492 g/mol. The van der Waals surface area contributed by atoms with Crippen molar-refractivity contribution in [2.75, 3.05) is 26.2 Å². The number of piperazine rings is 1. The zero-order valence-electron chi connectivity index (χ0n) is 14.9. The van der Waals surface area contributed by atoms with Crippen LogP contribution in [0.5, 0.6) is 5.75 Å². The fourth-order valence-corrected chi connectivity index (χ4v) is 4.72. The van der Waals surface area contributed by atoms with Crippen molar-refractivity contribution >= 4 is 31.9 Å². The van der Waals surface area contributed by atoms with E-state index < -0.39 is 22.1 Å². The van der Waals surface area contributed by atoms with Gasteiger partial charge in [-0.05, 0) is 42.5 Å². The van der Waals surface area contributed by atoms with E-state index in [9.17, 15) is 26.4 Å². The van der Waals surface area contributed by atoms with Crippen molar-refractivity contribution in [3.05, 3.63) is 58.6 Å². The maximum atomic E-state index is 12.7. The fraction of sp³-hybridized carbons (Fsp3) is 0.278. The quantitative estimate of drug-likeness (QED) is 0.655. The summed E-state index contributed by atoms with van der Waals surface area (Å²) in [5.41, 5.74) is 0.496. The van der Waals surface area contributed by atoms with E-state index in [0.29, 0.717) is 5.56 Å². The van der Waals surface area contributed by atoms with Gasteiger partial charge in [0, 0.05) is 36.2 Å². The van der Waals surface area contributed by atoms with Crippen molar-refractivity contribution in [2.24, 2.45) is 0 Å². The number of amides is 1. The highest BCUT2D eigenvalue weighted by Gasteiger charge is 2.32. The predicted molar refractivity (Wildman–Crippen MR) is 102 cm³/mol. The van der Waals surface area contributed by atoms with Gasteiger partial charge in [-0.2, -0.15) is 4.31 Å². The molecule has 2 aromatic carbocycles. The van der Waals surface area contributed by atoms with Gasteiger partial charge in [-0.1, -0.05) is 22.0 Å². The van der Waals surface area contributed by atoms with Gasteiger partial charge in [0.15, 0.2) is 0 Å². The Morgan fingerprint density at radius 2 is 1.62 bits per heavy atom. The van der Waals surface area contributed by atoms with Crippen molar-refractivity contribution < 1.29 is 31.1 Å². The van der Waals surface area contributed by atoms with E-state index in [1.54, 1.807) is 29.2 Å². The third-order valence-corrected chi connectivity index (χ3v) is 6.70. The van der Waals surface area contributed by atoms with Crippen LogP contribution in [-0.2, 0) is 10.0 Å². The molecule has 0 atom stereocenters. The molecule has 0 aliphatic carbocycles. The minimum Gasteiger partial charge on any atom is -0.406 e. The van der Waals surface area contributed by atoms with Gasteiger partial charge in [-0.3, -0.25) is 4.79 Å². The molecule has 3 rings (SSSR count). The van der Waals surface area contributed by atoms with Crippen molar-refractivity contribution in [1.29, 1.82) is 0 Å². The number of hydrogen-bond donors (Lipinski definition) is 0. The summed E-state index contributed by atoms with van der Waals surface area (Å²) in [6, 6.07) is 10.9. The normalized spacial score (nSPS) is 15.9. The molecule has 1 heterocycles. The van der Waals surface area contributed by atoms with E-state index in [1.807, 2.05) is 0 Å². The molecule has 0 radical (unpaired) electrons. The molecule has 2 aromatic rings. The fourth-order valence-electron chi connectivity index (χ4n) is 2.90. The van der Waals surface area contributed by atoms with E-state index in [1.165, 1.54) is 4.31 Å². The number of carbonyl (C=O) groups is 1. The van der Waals surface area contributed by atoms with Crippen LogP contribution in [0.25, 0.3) is 0 Å². The molecule has 1 aliphatic heterocycles. The van der Waals surface area contributed by atoms with Crippen LogP contribution >= 0.6 is 15.9 Å². The smallest absolute Gasteiger partial charge is 0.406 e. The number of carbonyl (C=O) groups excluding carboxylic acids is 1. The Labute approximate surface area is 174 Å². The highest BCUT2D eigenvalue weighted by molar-refractivity contribution is 9.10. The van der Waals surface area contributed by atoms with Crippen LogP contribution in [0.1, 0.15) is 10.4 Å². The first kappa shape index (κ1) is 21.6. The second-order valence-electron chi connectivity index (χ2n) is 6.23. The van der Waals surface area contributed by atoms with Gasteiger partial charge in [0.05, 0.1) is 4.90 Å². The van der Waals surface area contributed by atoms with Gasteiger partial charge in [0.1, 0.15) is 5.75 Å². The summed E-state index contributed by atoms with van der Waals surface area (Å²) < 4.78 is 67.9. The van der Waals surface area contributed by atoms with Crippen LogP contribution < -0.4 is 4.74 Å². The summed E-state index contributed by atoms with van der Waals surface area (Å²) >= 11 is 3.31. The van der Waals surface area contributed by atoms with Gasteiger partial charge < -0.3 is 9.64 Å². The molecule has 11 heteroatoms. The lowest BCUT2D eigenvalue weighted by Crippen LogP contribution is -2.50. The van der Waals surface area contributed by atoms with Crippen LogP contribution in [0.15, 0.2) is 57.9 Å². The number of halogens is 4. The first-order chi connectivity index (χ1) is 13.6. The average molecular weight is 493 g/mol. The van der Waals surface area contributed by atoms with Crippen molar-refractivity contribution in [2.45, 2.75) is 11.3 Å². The van der Waals surface area contributed by atoms with Gasteiger partial charge in [0.25, 0.3) is 5.91 Å². The Kier molecular flexibility index (Phi) is 6.20. The number of hydrogen-bond acceptors (Lipinski definition) is 4. The SMILES string of the molecule is O=C(c1cccc(Br)c1)N1CCN(S(=O)(=O)c2ccc(OC(F)(F)F)cc2)CC1. The Balaban J connectivity index is 1.66. The van der Waals surface area contributed by atoms with E-state index in [0.717, 1.165) is 28.7 Å². The molecule has 1 aliphatic rings. The molecule has 1 saturated heterocycles. The van der Waals surface area contributed by atoms with Gasteiger partial charge in [0.2, 0.25) is 10.0 Å². The van der Waals surface area contributed by atoms with Crippen LogP contribution in [-0.4, -0.2) is 56.1 Å². The summed E-state index contributed by atoms with van der Waals surface area (Å²) in [5, 5.41) is 0. The average Bonchev–Trinajstić information content (AvgIpc) is 2.67.